The number of carbonyl (C=O) groups excluding carboxylic acids is 3. The first-order chi connectivity index (χ1) is 31.0. The highest BCUT2D eigenvalue weighted by molar-refractivity contribution is 5.71. The van der Waals surface area contributed by atoms with Crippen LogP contribution in [0.4, 0.5) is 0 Å². The standard InChI is InChI=1S/C57H94O6/c1-4-7-10-13-16-19-22-25-27-28-30-32-35-38-41-44-47-50-56(59)62-53-54(52-61-55(58)49-46-43-40-37-34-31-24-21-18-15-12-9-6-3)63-57(60)51-48-45-42-39-36-33-29-26-23-20-17-14-11-8-5-2/h9,12,15-16,18-19,21,24-25,27,30-32,34,38,41,54H,4-8,10-11,13-14,17,20,22-23,26,28-29,33,35-37,39-40,42-53H2,1-3H3/b12-9+,18-15+,19-16+,24-21+,27-25+,32-30+,34-31+,41-38+. The highest BCUT2D eigenvalue weighted by atomic mass is 16.6. The summed E-state index contributed by atoms with van der Waals surface area (Å²) in [6, 6.07) is 0. The lowest BCUT2D eigenvalue weighted by Crippen LogP contribution is -2.30. The molecule has 0 aliphatic heterocycles. The topological polar surface area (TPSA) is 78.9 Å². The summed E-state index contributed by atoms with van der Waals surface area (Å²) < 4.78 is 16.7. The van der Waals surface area contributed by atoms with Crippen LogP contribution in [0.15, 0.2) is 97.2 Å². The minimum atomic E-state index is -0.814. The van der Waals surface area contributed by atoms with Crippen LogP contribution in [0.1, 0.15) is 226 Å². The molecule has 0 fully saturated rings. The van der Waals surface area contributed by atoms with Gasteiger partial charge in [-0.1, -0.05) is 227 Å². The maximum Gasteiger partial charge on any atom is 0.306 e. The molecule has 0 N–H and O–H groups in total. The molecule has 0 radical (unpaired) electrons. The van der Waals surface area contributed by atoms with Gasteiger partial charge in [-0.15, -0.1) is 0 Å². The Kier molecular flexibility index (Phi) is 48.0. The van der Waals surface area contributed by atoms with Crippen molar-refractivity contribution in [1.29, 1.82) is 0 Å². The van der Waals surface area contributed by atoms with Crippen molar-refractivity contribution >= 4 is 17.9 Å². The maximum atomic E-state index is 12.8. The average Bonchev–Trinajstić information content (AvgIpc) is 3.28. The van der Waals surface area contributed by atoms with Crippen LogP contribution >= 0.6 is 0 Å². The quantitative estimate of drug-likeness (QED) is 0.0199. The summed E-state index contributed by atoms with van der Waals surface area (Å²) in [6.07, 6.45) is 66.8. The van der Waals surface area contributed by atoms with Crippen molar-refractivity contribution in [3.63, 3.8) is 0 Å². The predicted octanol–water partition coefficient (Wildman–Crippen LogP) is 17.0. The van der Waals surface area contributed by atoms with E-state index in [9.17, 15) is 14.4 Å². The lowest BCUT2D eigenvalue weighted by atomic mass is 10.0. The Morgan fingerprint density at radius 2 is 0.698 bits per heavy atom. The molecule has 0 amide bonds. The Morgan fingerprint density at radius 1 is 0.349 bits per heavy atom. The lowest BCUT2D eigenvalue weighted by Gasteiger charge is -2.18. The second kappa shape index (κ2) is 51.0. The minimum Gasteiger partial charge on any atom is -0.462 e. The molecule has 0 heterocycles. The summed E-state index contributed by atoms with van der Waals surface area (Å²) in [7, 11) is 0. The Hall–Kier alpha value is -3.67. The Labute approximate surface area is 387 Å². The van der Waals surface area contributed by atoms with Crippen molar-refractivity contribution in [2.24, 2.45) is 0 Å². The minimum absolute atomic E-state index is 0.114. The van der Waals surface area contributed by atoms with Gasteiger partial charge in [-0.05, 0) is 77.0 Å². The van der Waals surface area contributed by atoms with Crippen LogP contribution < -0.4 is 0 Å². The highest BCUT2D eigenvalue weighted by Gasteiger charge is 2.19. The highest BCUT2D eigenvalue weighted by Crippen LogP contribution is 2.15. The normalized spacial score (nSPS) is 12.9. The van der Waals surface area contributed by atoms with Gasteiger partial charge in [-0.3, -0.25) is 14.4 Å². The van der Waals surface area contributed by atoms with Crippen molar-refractivity contribution < 1.29 is 28.6 Å². The zero-order valence-corrected chi connectivity index (χ0v) is 40.8. The first-order valence-electron chi connectivity index (χ1n) is 25.8. The molecule has 358 valence electrons. The largest absolute Gasteiger partial charge is 0.462 e. The molecule has 0 aromatic rings. The van der Waals surface area contributed by atoms with Crippen molar-refractivity contribution in [2.75, 3.05) is 13.2 Å². The average molecular weight is 875 g/mol. The Balaban J connectivity index is 4.52. The molecule has 0 saturated carbocycles. The number of carbonyl (C=O) groups is 3. The predicted molar refractivity (Wildman–Crippen MR) is 270 cm³/mol. The molecule has 6 heteroatoms. The molecular formula is C57H94O6. The van der Waals surface area contributed by atoms with E-state index in [4.69, 9.17) is 14.2 Å². The van der Waals surface area contributed by atoms with Crippen molar-refractivity contribution in [1.82, 2.24) is 0 Å². The van der Waals surface area contributed by atoms with Crippen molar-refractivity contribution in [3.05, 3.63) is 97.2 Å². The van der Waals surface area contributed by atoms with Gasteiger partial charge in [0, 0.05) is 19.3 Å². The molecule has 0 aromatic heterocycles. The molecular weight excluding hydrogens is 781 g/mol. The summed E-state index contributed by atoms with van der Waals surface area (Å²) in [4.78, 5) is 37.9. The summed E-state index contributed by atoms with van der Waals surface area (Å²) in [6.45, 7) is 6.38. The van der Waals surface area contributed by atoms with E-state index in [1.54, 1.807) is 0 Å². The van der Waals surface area contributed by atoms with Gasteiger partial charge in [0.2, 0.25) is 0 Å². The number of hydrogen-bond donors (Lipinski definition) is 0. The summed E-state index contributed by atoms with van der Waals surface area (Å²) >= 11 is 0. The van der Waals surface area contributed by atoms with Gasteiger partial charge in [0.05, 0.1) is 0 Å². The van der Waals surface area contributed by atoms with Gasteiger partial charge < -0.3 is 14.2 Å². The van der Waals surface area contributed by atoms with E-state index in [1.165, 1.54) is 103 Å². The Bertz CT molecular complexity index is 1280. The molecule has 0 saturated heterocycles. The van der Waals surface area contributed by atoms with Gasteiger partial charge in [-0.25, -0.2) is 0 Å². The zero-order valence-electron chi connectivity index (χ0n) is 40.8. The number of esters is 3. The molecule has 6 nitrogen and oxygen atoms in total. The van der Waals surface area contributed by atoms with Gasteiger partial charge in [-0.2, -0.15) is 0 Å². The molecule has 0 aromatic carbocycles. The third kappa shape index (κ3) is 49.2. The number of hydrogen-bond acceptors (Lipinski definition) is 6. The van der Waals surface area contributed by atoms with Crippen molar-refractivity contribution in [3.8, 4) is 0 Å². The zero-order chi connectivity index (χ0) is 45.8. The first-order valence-corrected chi connectivity index (χ1v) is 25.8. The monoisotopic (exact) mass is 875 g/mol. The van der Waals surface area contributed by atoms with E-state index in [0.29, 0.717) is 19.3 Å². The summed E-state index contributed by atoms with van der Waals surface area (Å²) in [5, 5.41) is 0. The van der Waals surface area contributed by atoms with E-state index in [1.807, 2.05) is 36.5 Å². The van der Waals surface area contributed by atoms with Crippen LogP contribution in [-0.4, -0.2) is 37.2 Å². The van der Waals surface area contributed by atoms with E-state index in [-0.39, 0.29) is 37.5 Å². The van der Waals surface area contributed by atoms with Crippen LogP contribution in [0.3, 0.4) is 0 Å². The molecule has 1 unspecified atom stereocenters. The Morgan fingerprint density at radius 3 is 1.21 bits per heavy atom. The fourth-order valence-electron chi connectivity index (χ4n) is 6.80. The second-order valence-corrected chi connectivity index (χ2v) is 16.8. The van der Waals surface area contributed by atoms with Crippen LogP contribution in [0.25, 0.3) is 0 Å². The van der Waals surface area contributed by atoms with Crippen LogP contribution in [-0.2, 0) is 28.6 Å². The van der Waals surface area contributed by atoms with Gasteiger partial charge in [0.1, 0.15) is 13.2 Å². The number of unbranched alkanes of at least 4 members (excludes halogenated alkanes) is 21. The SMILES string of the molecule is CC/C=C/C=C/C=C/C=C/CCCCCC(=O)OCC(COC(=O)CCC/C=C/C/C=C/C/C=C/C/C=C/CCCCC)OC(=O)CCCCCCCCCCCCCCCCC. The molecule has 0 spiro atoms. The molecule has 0 bridgehead atoms. The van der Waals surface area contributed by atoms with E-state index in [0.717, 1.165) is 77.0 Å². The molecule has 1 atom stereocenters. The van der Waals surface area contributed by atoms with E-state index >= 15 is 0 Å². The third-order valence-corrected chi connectivity index (χ3v) is 10.7. The number of rotatable bonds is 45. The van der Waals surface area contributed by atoms with E-state index in [2.05, 4.69) is 81.5 Å². The first kappa shape index (κ1) is 59.3. The van der Waals surface area contributed by atoms with E-state index < -0.39 is 6.10 Å². The smallest absolute Gasteiger partial charge is 0.306 e. The lowest BCUT2D eigenvalue weighted by molar-refractivity contribution is -0.167. The van der Waals surface area contributed by atoms with Crippen LogP contribution in [0.2, 0.25) is 0 Å². The second-order valence-electron chi connectivity index (χ2n) is 16.8. The summed E-state index contributed by atoms with van der Waals surface area (Å²) in [5.41, 5.74) is 0. The van der Waals surface area contributed by atoms with Gasteiger partial charge >= 0.3 is 17.9 Å². The van der Waals surface area contributed by atoms with Gasteiger partial charge in [0.25, 0.3) is 0 Å². The summed E-state index contributed by atoms with van der Waals surface area (Å²) in [5.74, 6) is -1.01. The van der Waals surface area contributed by atoms with Gasteiger partial charge in [0.15, 0.2) is 6.10 Å². The molecule has 0 aliphatic carbocycles. The number of ether oxygens (including phenoxy) is 3. The fourth-order valence-corrected chi connectivity index (χ4v) is 6.80. The number of allylic oxidation sites excluding steroid dienone is 16. The molecule has 0 aliphatic rings. The van der Waals surface area contributed by atoms with Crippen molar-refractivity contribution in [2.45, 2.75) is 232 Å². The molecule has 63 heavy (non-hydrogen) atoms. The third-order valence-electron chi connectivity index (χ3n) is 10.7. The maximum absolute atomic E-state index is 12.8. The van der Waals surface area contributed by atoms with Crippen LogP contribution in [0, 0.1) is 0 Å². The van der Waals surface area contributed by atoms with Crippen LogP contribution in [0.5, 0.6) is 0 Å². The molecule has 0 rings (SSSR count). The fraction of sp³-hybridized carbons (Fsp3) is 0.667.